The van der Waals surface area contributed by atoms with Gasteiger partial charge < -0.3 is 34.5 Å². The molecule has 2 aliphatic rings. The summed E-state index contributed by atoms with van der Waals surface area (Å²) in [6.45, 7) is 7.96. The summed E-state index contributed by atoms with van der Waals surface area (Å²) in [5.74, 6) is 1.87. The summed E-state index contributed by atoms with van der Waals surface area (Å²) in [4.78, 5) is 28.6. The molecule has 220 valence electrons. The van der Waals surface area contributed by atoms with Gasteiger partial charge in [-0.25, -0.2) is 0 Å². The lowest BCUT2D eigenvalue weighted by Gasteiger charge is -2.32. The van der Waals surface area contributed by atoms with E-state index in [0.29, 0.717) is 49.3 Å². The van der Waals surface area contributed by atoms with E-state index in [1.807, 2.05) is 18.7 Å². The molecule has 3 atom stereocenters. The molecule has 0 unspecified atom stereocenters. The highest BCUT2D eigenvalue weighted by molar-refractivity contribution is 5.95. The highest BCUT2D eigenvalue weighted by Gasteiger charge is 2.34. The van der Waals surface area contributed by atoms with Crippen LogP contribution in [0.25, 0.3) is 0 Å². The second-order valence-corrected chi connectivity index (χ2v) is 11.1. The van der Waals surface area contributed by atoms with Crippen molar-refractivity contribution in [1.82, 2.24) is 15.5 Å². The lowest BCUT2D eigenvalue weighted by molar-refractivity contribution is -0.135. The van der Waals surface area contributed by atoms with Gasteiger partial charge in [-0.05, 0) is 62.6 Å². The fraction of sp³-hybridized carbons (Fsp3) is 0.733. The van der Waals surface area contributed by atoms with E-state index in [0.717, 1.165) is 32.4 Å². The molecule has 3 rings (SSSR count). The first kappa shape index (κ1) is 31.2. The van der Waals surface area contributed by atoms with Crippen molar-refractivity contribution in [2.75, 3.05) is 60.7 Å². The van der Waals surface area contributed by atoms with Gasteiger partial charge in [0, 0.05) is 65.0 Å². The predicted octanol–water partition coefficient (Wildman–Crippen LogP) is 3.51. The third kappa shape index (κ3) is 8.82. The van der Waals surface area contributed by atoms with E-state index in [9.17, 15) is 9.59 Å². The van der Waals surface area contributed by atoms with E-state index in [1.165, 1.54) is 19.3 Å². The zero-order valence-corrected chi connectivity index (χ0v) is 24.5. The third-order valence-electron chi connectivity index (χ3n) is 8.08. The summed E-state index contributed by atoms with van der Waals surface area (Å²) in [7, 11) is 4.89. The Bertz CT molecular complexity index is 905. The van der Waals surface area contributed by atoms with Gasteiger partial charge in [-0.2, -0.15) is 0 Å². The van der Waals surface area contributed by atoms with Gasteiger partial charge in [-0.1, -0.05) is 19.3 Å². The average Bonchev–Trinajstić information content (AvgIpc) is 3.40. The summed E-state index contributed by atoms with van der Waals surface area (Å²) < 4.78 is 22.1. The van der Waals surface area contributed by atoms with Crippen LogP contribution in [0, 0.1) is 17.8 Å². The molecule has 0 spiro atoms. The summed E-state index contributed by atoms with van der Waals surface area (Å²) in [6, 6.07) is 5.36. The Morgan fingerprint density at radius 3 is 2.44 bits per heavy atom. The standard InChI is InChI=1S/C30H49N3O6/c1-21(2)33(30(35)23-12-13-26(37-4)27(16-23)39-15-9-14-36-3)20-25-18-31-17-24(25)19-32-29(34)28(38-5)22-10-7-6-8-11-22/h12-13,16,21-22,24-25,28,31H,6-11,14-15,17-20H2,1-5H3,(H,32,34)/t24-,25-,28-/m0/s1. The second kappa shape index (κ2) is 16.0. The van der Waals surface area contributed by atoms with E-state index >= 15 is 0 Å². The van der Waals surface area contributed by atoms with Crippen molar-refractivity contribution in [3.05, 3.63) is 23.8 Å². The zero-order chi connectivity index (χ0) is 28.2. The Hall–Kier alpha value is -2.36. The number of carbonyl (C=O) groups is 2. The Morgan fingerprint density at radius 2 is 1.77 bits per heavy atom. The smallest absolute Gasteiger partial charge is 0.254 e. The van der Waals surface area contributed by atoms with E-state index < -0.39 is 0 Å². The normalized spacial score (nSPS) is 20.6. The van der Waals surface area contributed by atoms with Crippen molar-refractivity contribution in [3.63, 3.8) is 0 Å². The molecule has 0 aromatic heterocycles. The number of amides is 2. The molecule has 9 heteroatoms. The van der Waals surface area contributed by atoms with Crippen LogP contribution in [0.15, 0.2) is 18.2 Å². The Labute approximate surface area is 234 Å². The summed E-state index contributed by atoms with van der Waals surface area (Å²) in [5, 5.41) is 6.63. The highest BCUT2D eigenvalue weighted by Crippen LogP contribution is 2.30. The first-order chi connectivity index (χ1) is 18.9. The molecular weight excluding hydrogens is 498 g/mol. The van der Waals surface area contributed by atoms with Crippen molar-refractivity contribution in [1.29, 1.82) is 0 Å². The summed E-state index contributed by atoms with van der Waals surface area (Å²) in [5.41, 5.74) is 0.567. The largest absolute Gasteiger partial charge is 0.493 e. The zero-order valence-electron chi connectivity index (χ0n) is 24.5. The predicted molar refractivity (Wildman–Crippen MR) is 151 cm³/mol. The molecular formula is C30H49N3O6. The van der Waals surface area contributed by atoms with Crippen LogP contribution >= 0.6 is 0 Å². The number of hydrogen-bond acceptors (Lipinski definition) is 7. The van der Waals surface area contributed by atoms with Gasteiger partial charge >= 0.3 is 0 Å². The topological polar surface area (TPSA) is 98.4 Å². The maximum Gasteiger partial charge on any atom is 0.254 e. The number of carbonyl (C=O) groups excluding carboxylic acids is 2. The van der Waals surface area contributed by atoms with Crippen molar-refractivity contribution in [2.45, 2.75) is 64.5 Å². The molecule has 1 aliphatic heterocycles. The van der Waals surface area contributed by atoms with Crippen LogP contribution in [0.2, 0.25) is 0 Å². The van der Waals surface area contributed by atoms with Gasteiger partial charge in [0.2, 0.25) is 5.91 Å². The number of nitrogens with one attached hydrogen (secondary N) is 2. The molecule has 1 aromatic rings. The lowest BCUT2D eigenvalue weighted by atomic mass is 9.84. The first-order valence-corrected chi connectivity index (χ1v) is 14.5. The van der Waals surface area contributed by atoms with E-state index in [-0.39, 0.29) is 35.8 Å². The fourth-order valence-corrected chi connectivity index (χ4v) is 5.78. The number of nitrogens with zero attached hydrogens (tertiary/aromatic N) is 1. The molecule has 1 heterocycles. The fourth-order valence-electron chi connectivity index (χ4n) is 5.78. The molecule has 2 N–H and O–H groups in total. The Kier molecular flexibility index (Phi) is 12.8. The van der Waals surface area contributed by atoms with E-state index in [2.05, 4.69) is 10.6 Å². The van der Waals surface area contributed by atoms with Gasteiger partial charge in [0.1, 0.15) is 6.10 Å². The van der Waals surface area contributed by atoms with Crippen LogP contribution in [-0.2, 0) is 14.3 Å². The molecule has 1 aliphatic carbocycles. The van der Waals surface area contributed by atoms with Gasteiger partial charge in [-0.15, -0.1) is 0 Å². The van der Waals surface area contributed by atoms with Crippen molar-refractivity contribution in [3.8, 4) is 11.5 Å². The van der Waals surface area contributed by atoms with E-state index in [1.54, 1.807) is 39.5 Å². The number of benzene rings is 1. The van der Waals surface area contributed by atoms with Gasteiger partial charge in [0.15, 0.2) is 11.5 Å². The molecule has 2 amide bonds. The minimum atomic E-state index is -0.382. The van der Waals surface area contributed by atoms with Gasteiger partial charge in [0.25, 0.3) is 5.91 Å². The van der Waals surface area contributed by atoms with Crippen LogP contribution in [0.4, 0.5) is 0 Å². The van der Waals surface area contributed by atoms with Crippen molar-refractivity contribution < 1.29 is 28.5 Å². The highest BCUT2D eigenvalue weighted by atomic mass is 16.5. The van der Waals surface area contributed by atoms with Crippen LogP contribution < -0.4 is 20.1 Å². The van der Waals surface area contributed by atoms with Crippen LogP contribution in [0.3, 0.4) is 0 Å². The minimum absolute atomic E-state index is 0.0110. The van der Waals surface area contributed by atoms with Crippen molar-refractivity contribution in [2.24, 2.45) is 17.8 Å². The van der Waals surface area contributed by atoms with Crippen LogP contribution in [-0.4, -0.2) is 89.6 Å². The maximum absolute atomic E-state index is 13.7. The number of methoxy groups -OCH3 is 3. The average molecular weight is 548 g/mol. The molecule has 39 heavy (non-hydrogen) atoms. The maximum atomic E-state index is 13.7. The Morgan fingerprint density at radius 1 is 1.03 bits per heavy atom. The molecule has 9 nitrogen and oxygen atoms in total. The Balaban J connectivity index is 1.62. The summed E-state index contributed by atoms with van der Waals surface area (Å²) in [6.07, 6.45) is 6.05. The lowest BCUT2D eigenvalue weighted by Crippen LogP contribution is -2.46. The summed E-state index contributed by atoms with van der Waals surface area (Å²) >= 11 is 0. The first-order valence-electron chi connectivity index (χ1n) is 14.5. The van der Waals surface area contributed by atoms with Gasteiger partial charge in [0.05, 0.1) is 13.7 Å². The molecule has 0 bridgehead atoms. The van der Waals surface area contributed by atoms with Crippen molar-refractivity contribution >= 4 is 11.8 Å². The number of rotatable bonds is 15. The second-order valence-electron chi connectivity index (χ2n) is 11.1. The number of ether oxygens (including phenoxy) is 4. The van der Waals surface area contributed by atoms with Gasteiger partial charge in [-0.3, -0.25) is 9.59 Å². The van der Waals surface area contributed by atoms with E-state index in [4.69, 9.17) is 18.9 Å². The van der Waals surface area contributed by atoms with Crippen LogP contribution in [0.1, 0.15) is 62.7 Å². The molecule has 1 saturated carbocycles. The monoisotopic (exact) mass is 547 g/mol. The number of hydrogen-bond donors (Lipinski definition) is 2. The third-order valence-corrected chi connectivity index (χ3v) is 8.08. The molecule has 1 saturated heterocycles. The SMILES string of the molecule is COCCCOc1cc(C(=O)N(C[C@@H]2CNC[C@H]2CNC(=O)[C@@H](OC)C2CCCCC2)C(C)C)ccc1OC. The quantitative estimate of drug-likeness (QED) is 0.324. The van der Waals surface area contributed by atoms with Crippen LogP contribution in [0.5, 0.6) is 11.5 Å². The molecule has 2 fully saturated rings. The molecule has 0 radical (unpaired) electrons. The minimum Gasteiger partial charge on any atom is -0.493 e. The molecule has 1 aromatic carbocycles.